The predicted molar refractivity (Wildman–Crippen MR) is 84.9 cm³/mol. The molecule has 6 N–H and O–H groups in total. The summed E-state index contributed by atoms with van der Waals surface area (Å²) in [4.78, 5) is 0. The summed E-state index contributed by atoms with van der Waals surface area (Å²) in [6.07, 6.45) is 10.3. The van der Waals surface area contributed by atoms with Gasteiger partial charge >= 0.3 is 0 Å². The molecule has 4 heteroatoms. The molecule has 0 bridgehead atoms. The van der Waals surface area contributed by atoms with E-state index in [1.807, 2.05) is 0 Å². The fourth-order valence-electron chi connectivity index (χ4n) is 2.44. The number of unbranched alkanes of at least 4 members (excludes halogenated alkanes) is 7. The molecule has 0 saturated heterocycles. The average Bonchev–Trinajstić information content (AvgIpc) is 2.43. The number of nitrogen functional groups attached to an aromatic ring is 2. The standard InChI is InChI=1S/C16H28N2O2/c1-2-3-4-5-6-7-8-9-10-12-15(19)13(17)11-14(18)16(12)20/h11,19-20H,2-10,17-18H2,1H3. The summed E-state index contributed by atoms with van der Waals surface area (Å²) in [5.74, 6) is -0.0562. The molecule has 0 aromatic heterocycles. The van der Waals surface area contributed by atoms with Crippen molar-refractivity contribution in [2.75, 3.05) is 11.5 Å². The summed E-state index contributed by atoms with van der Waals surface area (Å²) in [5.41, 5.74) is 12.2. The van der Waals surface area contributed by atoms with Gasteiger partial charge in [-0.2, -0.15) is 0 Å². The molecule has 0 amide bonds. The van der Waals surface area contributed by atoms with Gasteiger partial charge in [0.2, 0.25) is 0 Å². The normalized spacial score (nSPS) is 10.8. The van der Waals surface area contributed by atoms with Crippen molar-refractivity contribution in [1.29, 1.82) is 0 Å². The maximum atomic E-state index is 9.86. The highest BCUT2D eigenvalue weighted by molar-refractivity contribution is 5.71. The number of phenols is 2. The van der Waals surface area contributed by atoms with Gasteiger partial charge in [-0.1, -0.05) is 51.9 Å². The van der Waals surface area contributed by atoms with Crippen LogP contribution < -0.4 is 11.5 Å². The summed E-state index contributed by atoms with van der Waals surface area (Å²) in [7, 11) is 0. The first kappa shape index (κ1) is 16.5. The van der Waals surface area contributed by atoms with Crippen molar-refractivity contribution in [1.82, 2.24) is 0 Å². The highest BCUT2D eigenvalue weighted by Crippen LogP contribution is 2.38. The number of anilines is 2. The molecule has 114 valence electrons. The molecule has 0 heterocycles. The van der Waals surface area contributed by atoms with Crippen LogP contribution in [0.25, 0.3) is 0 Å². The van der Waals surface area contributed by atoms with E-state index < -0.39 is 0 Å². The zero-order valence-corrected chi connectivity index (χ0v) is 12.5. The summed E-state index contributed by atoms with van der Waals surface area (Å²) in [6, 6.07) is 1.39. The zero-order chi connectivity index (χ0) is 15.0. The van der Waals surface area contributed by atoms with E-state index in [9.17, 15) is 10.2 Å². The van der Waals surface area contributed by atoms with Gasteiger partial charge in [0.05, 0.1) is 11.4 Å². The molecule has 1 rings (SSSR count). The Kier molecular flexibility index (Phi) is 7.05. The number of rotatable bonds is 9. The summed E-state index contributed by atoms with van der Waals surface area (Å²) in [6.45, 7) is 2.22. The molecule has 0 saturated carbocycles. The Morgan fingerprint density at radius 1 is 0.800 bits per heavy atom. The predicted octanol–water partition coefficient (Wildman–Crippen LogP) is 3.95. The molecule has 0 aliphatic heterocycles. The summed E-state index contributed by atoms with van der Waals surface area (Å²) in [5, 5.41) is 19.7. The average molecular weight is 280 g/mol. The maximum Gasteiger partial charge on any atom is 0.145 e. The minimum absolute atomic E-state index is 0.0281. The minimum Gasteiger partial charge on any atom is -0.505 e. The minimum atomic E-state index is -0.0281. The van der Waals surface area contributed by atoms with Crippen molar-refractivity contribution >= 4 is 11.4 Å². The molecule has 0 fully saturated rings. The van der Waals surface area contributed by atoms with Crippen LogP contribution in [0.2, 0.25) is 0 Å². The molecule has 0 unspecified atom stereocenters. The largest absolute Gasteiger partial charge is 0.505 e. The molecule has 1 aromatic carbocycles. The third-order valence-electron chi connectivity index (χ3n) is 3.71. The molecular formula is C16H28N2O2. The SMILES string of the molecule is CCCCCCCCCCc1c(O)c(N)cc(N)c1O. The molecule has 4 nitrogen and oxygen atoms in total. The van der Waals surface area contributed by atoms with Crippen LogP contribution in [0.3, 0.4) is 0 Å². The highest BCUT2D eigenvalue weighted by Gasteiger charge is 2.13. The van der Waals surface area contributed by atoms with Crippen molar-refractivity contribution in [3.05, 3.63) is 11.6 Å². The van der Waals surface area contributed by atoms with Gasteiger partial charge in [-0.05, 0) is 18.9 Å². The third kappa shape index (κ3) is 4.83. The first-order valence-corrected chi connectivity index (χ1v) is 7.66. The van der Waals surface area contributed by atoms with Crippen LogP contribution in [0.5, 0.6) is 11.5 Å². The van der Waals surface area contributed by atoms with Gasteiger partial charge in [-0.3, -0.25) is 0 Å². The third-order valence-corrected chi connectivity index (χ3v) is 3.71. The zero-order valence-electron chi connectivity index (χ0n) is 12.5. The molecule has 0 spiro atoms. The molecule has 0 aliphatic carbocycles. The van der Waals surface area contributed by atoms with Crippen LogP contribution in [0.4, 0.5) is 11.4 Å². The van der Waals surface area contributed by atoms with E-state index in [2.05, 4.69) is 6.92 Å². The monoisotopic (exact) mass is 280 g/mol. The van der Waals surface area contributed by atoms with E-state index >= 15 is 0 Å². The number of aromatic hydroxyl groups is 2. The molecule has 0 radical (unpaired) electrons. The smallest absolute Gasteiger partial charge is 0.145 e. The van der Waals surface area contributed by atoms with E-state index in [0.29, 0.717) is 12.0 Å². The lowest BCUT2D eigenvalue weighted by atomic mass is 10.0. The van der Waals surface area contributed by atoms with Gasteiger partial charge in [0.1, 0.15) is 11.5 Å². The van der Waals surface area contributed by atoms with E-state index in [1.165, 1.54) is 44.6 Å². The lowest BCUT2D eigenvalue weighted by Crippen LogP contribution is -1.97. The number of nitrogens with two attached hydrogens (primary N) is 2. The Labute approximate surface area is 121 Å². The van der Waals surface area contributed by atoms with Crippen LogP contribution in [0, 0.1) is 0 Å². The van der Waals surface area contributed by atoms with Crippen LogP contribution in [-0.4, -0.2) is 10.2 Å². The van der Waals surface area contributed by atoms with Gasteiger partial charge in [-0.25, -0.2) is 0 Å². The van der Waals surface area contributed by atoms with Crippen molar-refractivity contribution in [3.63, 3.8) is 0 Å². The van der Waals surface area contributed by atoms with Gasteiger partial charge < -0.3 is 21.7 Å². The quantitative estimate of drug-likeness (QED) is 0.238. The molecular weight excluding hydrogens is 252 g/mol. The highest BCUT2D eigenvalue weighted by atomic mass is 16.3. The Balaban J connectivity index is 2.32. The summed E-state index contributed by atoms with van der Waals surface area (Å²) < 4.78 is 0. The van der Waals surface area contributed by atoms with Crippen LogP contribution in [-0.2, 0) is 6.42 Å². The van der Waals surface area contributed by atoms with E-state index in [-0.39, 0.29) is 22.9 Å². The lowest BCUT2D eigenvalue weighted by molar-refractivity contribution is 0.439. The Morgan fingerprint density at radius 3 is 1.75 bits per heavy atom. The second-order valence-electron chi connectivity index (χ2n) is 5.46. The lowest BCUT2D eigenvalue weighted by Gasteiger charge is -2.11. The van der Waals surface area contributed by atoms with E-state index in [0.717, 1.165) is 12.8 Å². The molecule has 1 aromatic rings. The molecule has 20 heavy (non-hydrogen) atoms. The Morgan fingerprint density at radius 2 is 1.25 bits per heavy atom. The number of hydrogen-bond donors (Lipinski definition) is 4. The number of hydrogen-bond acceptors (Lipinski definition) is 4. The maximum absolute atomic E-state index is 9.86. The first-order chi connectivity index (χ1) is 9.57. The Hall–Kier alpha value is -1.58. The van der Waals surface area contributed by atoms with Crippen molar-refractivity contribution in [3.8, 4) is 11.5 Å². The topological polar surface area (TPSA) is 92.5 Å². The first-order valence-electron chi connectivity index (χ1n) is 7.66. The number of benzene rings is 1. The van der Waals surface area contributed by atoms with Crippen LogP contribution >= 0.6 is 0 Å². The Bertz CT molecular complexity index is 393. The van der Waals surface area contributed by atoms with Gasteiger partial charge in [0.15, 0.2) is 0 Å². The molecule has 0 atom stereocenters. The van der Waals surface area contributed by atoms with Crippen molar-refractivity contribution < 1.29 is 10.2 Å². The fraction of sp³-hybridized carbons (Fsp3) is 0.625. The summed E-state index contributed by atoms with van der Waals surface area (Å²) >= 11 is 0. The van der Waals surface area contributed by atoms with E-state index in [1.54, 1.807) is 0 Å². The fourth-order valence-corrected chi connectivity index (χ4v) is 2.44. The van der Waals surface area contributed by atoms with Gasteiger partial charge in [0.25, 0.3) is 0 Å². The second kappa shape index (κ2) is 8.56. The van der Waals surface area contributed by atoms with Crippen LogP contribution in [0.15, 0.2) is 6.07 Å². The van der Waals surface area contributed by atoms with Crippen molar-refractivity contribution in [2.24, 2.45) is 0 Å². The van der Waals surface area contributed by atoms with Crippen LogP contribution in [0.1, 0.15) is 63.9 Å². The molecule has 0 aliphatic rings. The number of phenolic OH excluding ortho intramolecular Hbond substituents is 2. The second-order valence-corrected chi connectivity index (χ2v) is 5.46. The van der Waals surface area contributed by atoms with Gasteiger partial charge in [-0.15, -0.1) is 0 Å². The van der Waals surface area contributed by atoms with Crippen molar-refractivity contribution in [2.45, 2.75) is 64.7 Å². The van der Waals surface area contributed by atoms with Gasteiger partial charge in [0, 0.05) is 5.56 Å². The van der Waals surface area contributed by atoms with E-state index in [4.69, 9.17) is 11.5 Å².